The second-order valence-corrected chi connectivity index (χ2v) is 6.84. The molecule has 0 aliphatic carbocycles. The number of nitrogens with zero attached hydrogens (tertiary/aromatic N) is 3. The maximum Gasteiger partial charge on any atom is 0.257 e. The summed E-state index contributed by atoms with van der Waals surface area (Å²) in [6.45, 7) is 8.11. The van der Waals surface area contributed by atoms with Gasteiger partial charge in [-0.2, -0.15) is 5.10 Å². The van der Waals surface area contributed by atoms with Crippen LogP contribution < -0.4 is 0 Å². The number of aromatic nitrogens is 3. The van der Waals surface area contributed by atoms with Gasteiger partial charge in [0.05, 0.1) is 11.3 Å². The maximum atomic E-state index is 13.0. The number of nitrogens with one attached hydrogen (secondary N) is 1. The first-order chi connectivity index (χ1) is 12.6. The van der Waals surface area contributed by atoms with Gasteiger partial charge in [0.15, 0.2) is 0 Å². The van der Waals surface area contributed by atoms with Gasteiger partial charge in [-0.1, -0.05) is 24.3 Å². The molecule has 0 bridgehead atoms. The van der Waals surface area contributed by atoms with Crippen LogP contribution in [0.5, 0.6) is 0 Å². The molecule has 1 aliphatic rings. The third-order valence-corrected chi connectivity index (χ3v) is 5.33. The molecule has 1 amide bonds. The number of rotatable bonds is 3. The smallest absolute Gasteiger partial charge is 0.257 e. The zero-order valence-electron chi connectivity index (χ0n) is 15.5. The summed E-state index contributed by atoms with van der Waals surface area (Å²) in [7, 11) is 0. The molecule has 0 spiro atoms. The van der Waals surface area contributed by atoms with Crippen LogP contribution in [0.1, 0.15) is 40.7 Å². The lowest BCUT2D eigenvalue weighted by Gasteiger charge is -2.26. The number of aromatic amines is 1. The van der Waals surface area contributed by atoms with Crippen molar-refractivity contribution in [2.45, 2.75) is 33.7 Å². The normalized spacial score (nSPS) is 14.7. The van der Waals surface area contributed by atoms with Gasteiger partial charge >= 0.3 is 0 Å². The van der Waals surface area contributed by atoms with Gasteiger partial charge in [-0.3, -0.25) is 9.48 Å². The number of carbonyl (C=O) groups excluding carboxylic acids is 1. The summed E-state index contributed by atoms with van der Waals surface area (Å²) in [5.41, 5.74) is 6.25. The van der Waals surface area contributed by atoms with E-state index in [0.717, 1.165) is 42.0 Å². The van der Waals surface area contributed by atoms with Crippen molar-refractivity contribution >= 4 is 22.4 Å². The SMILES string of the molecule is CCn1nc(C)c(C(=O)N2CC=C(c3c[nH]c4ccccc34)CC2)c1C. The van der Waals surface area contributed by atoms with E-state index < -0.39 is 0 Å². The first kappa shape index (κ1) is 16.6. The standard InChI is InChI=1S/C21H24N4O/c1-4-25-15(3)20(14(2)23-25)21(26)24-11-9-16(10-12-24)18-13-22-19-8-6-5-7-17(18)19/h5-9,13,22H,4,10-12H2,1-3H3. The minimum Gasteiger partial charge on any atom is -0.361 e. The van der Waals surface area contributed by atoms with Crippen molar-refractivity contribution in [2.75, 3.05) is 13.1 Å². The van der Waals surface area contributed by atoms with Crippen molar-refractivity contribution in [3.05, 3.63) is 59.1 Å². The first-order valence-corrected chi connectivity index (χ1v) is 9.19. The van der Waals surface area contributed by atoms with Crippen LogP contribution in [0, 0.1) is 13.8 Å². The van der Waals surface area contributed by atoms with Crippen molar-refractivity contribution in [3.8, 4) is 0 Å². The first-order valence-electron chi connectivity index (χ1n) is 9.19. The molecule has 0 radical (unpaired) electrons. The minimum atomic E-state index is 0.0916. The van der Waals surface area contributed by atoms with E-state index in [-0.39, 0.29) is 5.91 Å². The average molecular weight is 348 g/mol. The number of H-pyrrole nitrogens is 1. The van der Waals surface area contributed by atoms with Crippen LogP contribution in [0.15, 0.2) is 36.5 Å². The highest BCUT2D eigenvalue weighted by molar-refractivity contribution is 5.97. The Morgan fingerprint density at radius 3 is 2.77 bits per heavy atom. The fourth-order valence-corrected chi connectivity index (χ4v) is 3.91. The Morgan fingerprint density at radius 1 is 1.27 bits per heavy atom. The Balaban J connectivity index is 1.58. The number of benzene rings is 1. The third kappa shape index (κ3) is 2.64. The zero-order chi connectivity index (χ0) is 18.3. The van der Waals surface area contributed by atoms with E-state index in [2.05, 4.69) is 40.6 Å². The van der Waals surface area contributed by atoms with E-state index in [4.69, 9.17) is 0 Å². The van der Waals surface area contributed by atoms with Crippen molar-refractivity contribution in [1.82, 2.24) is 19.7 Å². The van der Waals surface area contributed by atoms with E-state index >= 15 is 0 Å². The summed E-state index contributed by atoms with van der Waals surface area (Å²) in [5, 5.41) is 5.73. The Bertz CT molecular complexity index is 1010. The Kier molecular flexibility index (Phi) is 4.15. The van der Waals surface area contributed by atoms with Crippen LogP contribution in [0.25, 0.3) is 16.5 Å². The summed E-state index contributed by atoms with van der Waals surface area (Å²) in [6.07, 6.45) is 5.13. The second-order valence-electron chi connectivity index (χ2n) is 6.84. The number of amides is 1. The van der Waals surface area contributed by atoms with E-state index in [1.165, 1.54) is 16.5 Å². The number of hydrogen-bond donors (Lipinski definition) is 1. The molecule has 2 aromatic heterocycles. The summed E-state index contributed by atoms with van der Waals surface area (Å²) in [5.74, 6) is 0.0916. The van der Waals surface area contributed by atoms with Gasteiger partial charge < -0.3 is 9.88 Å². The molecule has 1 N–H and O–H groups in total. The average Bonchev–Trinajstić information content (AvgIpc) is 3.22. The molecule has 0 fully saturated rings. The van der Waals surface area contributed by atoms with Crippen LogP contribution in [0.3, 0.4) is 0 Å². The van der Waals surface area contributed by atoms with Gasteiger partial charge in [0.2, 0.25) is 0 Å². The predicted molar refractivity (Wildman–Crippen MR) is 104 cm³/mol. The predicted octanol–water partition coefficient (Wildman–Crippen LogP) is 3.93. The molecule has 1 aromatic carbocycles. The summed E-state index contributed by atoms with van der Waals surface area (Å²) >= 11 is 0. The zero-order valence-corrected chi connectivity index (χ0v) is 15.5. The summed E-state index contributed by atoms with van der Waals surface area (Å²) < 4.78 is 1.90. The van der Waals surface area contributed by atoms with Crippen molar-refractivity contribution in [2.24, 2.45) is 0 Å². The Morgan fingerprint density at radius 2 is 2.08 bits per heavy atom. The Labute approximate surface area is 153 Å². The monoisotopic (exact) mass is 348 g/mol. The molecule has 3 heterocycles. The van der Waals surface area contributed by atoms with Crippen LogP contribution in [-0.2, 0) is 6.54 Å². The number of fused-ring (bicyclic) bond motifs is 1. The fraction of sp³-hybridized carbons (Fsp3) is 0.333. The highest BCUT2D eigenvalue weighted by atomic mass is 16.2. The highest BCUT2D eigenvalue weighted by Gasteiger charge is 2.25. The molecular formula is C21H24N4O. The number of carbonyl (C=O) groups is 1. The fourth-order valence-electron chi connectivity index (χ4n) is 3.91. The largest absolute Gasteiger partial charge is 0.361 e. The molecule has 0 unspecified atom stereocenters. The molecule has 0 atom stereocenters. The van der Waals surface area contributed by atoms with Crippen LogP contribution in [0.4, 0.5) is 0 Å². The quantitative estimate of drug-likeness (QED) is 0.780. The molecule has 134 valence electrons. The highest BCUT2D eigenvalue weighted by Crippen LogP contribution is 2.29. The van der Waals surface area contributed by atoms with E-state index in [9.17, 15) is 4.79 Å². The minimum absolute atomic E-state index is 0.0916. The van der Waals surface area contributed by atoms with Crippen LogP contribution in [-0.4, -0.2) is 38.7 Å². The van der Waals surface area contributed by atoms with E-state index in [1.54, 1.807) is 0 Å². The van der Waals surface area contributed by atoms with Crippen molar-refractivity contribution < 1.29 is 4.79 Å². The number of para-hydroxylation sites is 1. The summed E-state index contributed by atoms with van der Waals surface area (Å²) in [6, 6.07) is 8.34. The Hall–Kier alpha value is -2.82. The molecule has 5 nitrogen and oxygen atoms in total. The van der Waals surface area contributed by atoms with Gasteiger partial charge in [-0.25, -0.2) is 0 Å². The molecule has 5 heteroatoms. The molecule has 26 heavy (non-hydrogen) atoms. The molecule has 0 saturated carbocycles. The van der Waals surface area contributed by atoms with Gasteiger partial charge in [-0.05, 0) is 38.8 Å². The lowest BCUT2D eigenvalue weighted by molar-refractivity contribution is 0.0771. The molecule has 4 rings (SSSR count). The van der Waals surface area contributed by atoms with E-state index in [0.29, 0.717) is 6.54 Å². The number of hydrogen-bond acceptors (Lipinski definition) is 2. The van der Waals surface area contributed by atoms with Crippen molar-refractivity contribution in [1.29, 1.82) is 0 Å². The lowest BCUT2D eigenvalue weighted by atomic mass is 9.98. The maximum absolute atomic E-state index is 13.0. The molecular weight excluding hydrogens is 324 g/mol. The topological polar surface area (TPSA) is 53.9 Å². The van der Waals surface area contributed by atoms with E-state index in [1.807, 2.05) is 36.4 Å². The molecule has 3 aromatic rings. The second kappa shape index (κ2) is 6.48. The van der Waals surface area contributed by atoms with Crippen LogP contribution >= 0.6 is 0 Å². The van der Waals surface area contributed by atoms with Gasteiger partial charge in [0.25, 0.3) is 5.91 Å². The third-order valence-electron chi connectivity index (χ3n) is 5.33. The van der Waals surface area contributed by atoms with Crippen molar-refractivity contribution in [3.63, 3.8) is 0 Å². The number of aryl methyl sites for hydroxylation is 2. The molecule has 1 aliphatic heterocycles. The summed E-state index contributed by atoms with van der Waals surface area (Å²) in [4.78, 5) is 18.3. The van der Waals surface area contributed by atoms with Crippen LogP contribution in [0.2, 0.25) is 0 Å². The van der Waals surface area contributed by atoms with Gasteiger partial charge in [0, 0.05) is 48.0 Å². The van der Waals surface area contributed by atoms with Gasteiger partial charge in [-0.15, -0.1) is 0 Å². The molecule has 0 saturated heterocycles. The lowest BCUT2D eigenvalue weighted by Crippen LogP contribution is -2.35. The van der Waals surface area contributed by atoms with Gasteiger partial charge in [0.1, 0.15) is 0 Å².